The van der Waals surface area contributed by atoms with Crippen molar-refractivity contribution in [2.75, 3.05) is 10.6 Å². The first kappa shape index (κ1) is 21.1. The Bertz CT molecular complexity index is 1080. The van der Waals surface area contributed by atoms with Crippen molar-refractivity contribution >= 4 is 43.4 Å². The van der Waals surface area contributed by atoms with Gasteiger partial charge in [0.25, 0.3) is 10.0 Å². The number of halogens is 1. The van der Waals surface area contributed by atoms with E-state index in [4.69, 9.17) is 5.14 Å². The Balaban J connectivity index is 1.74. The van der Waals surface area contributed by atoms with E-state index in [9.17, 15) is 13.5 Å². The van der Waals surface area contributed by atoms with E-state index in [1.807, 2.05) is 37.3 Å². The van der Waals surface area contributed by atoms with E-state index < -0.39 is 16.1 Å². The van der Waals surface area contributed by atoms with Crippen LogP contribution in [-0.4, -0.2) is 34.5 Å². The van der Waals surface area contributed by atoms with Crippen LogP contribution in [0.1, 0.15) is 18.6 Å². The molecule has 11 heteroatoms. The molecule has 0 aliphatic carbocycles. The number of primary sulfonamides is 1. The lowest BCUT2D eigenvalue weighted by Crippen LogP contribution is -2.25. The molecule has 3 aromatic rings. The quantitative estimate of drug-likeness (QED) is 0.405. The van der Waals surface area contributed by atoms with Gasteiger partial charge in [-0.1, -0.05) is 30.3 Å². The average molecular weight is 479 g/mol. The predicted octanol–water partition coefficient (Wildman–Crippen LogP) is 2.56. The number of nitrogens with two attached hydrogens (primary N) is 1. The van der Waals surface area contributed by atoms with Crippen LogP contribution < -0.4 is 15.8 Å². The van der Waals surface area contributed by atoms with Crippen molar-refractivity contribution in [1.82, 2.24) is 15.0 Å². The molecule has 152 valence electrons. The van der Waals surface area contributed by atoms with Gasteiger partial charge in [-0.05, 0) is 40.5 Å². The summed E-state index contributed by atoms with van der Waals surface area (Å²) in [4.78, 5) is 12.4. The fourth-order valence-electron chi connectivity index (χ4n) is 2.51. The highest BCUT2D eigenvalue weighted by Gasteiger charge is 2.18. The summed E-state index contributed by atoms with van der Waals surface area (Å²) in [6.45, 7) is 1.84. The van der Waals surface area contributed by atoms with Gasteiger partial charge in [-0.25, -0.2) is 23.5 Å². The van der Waals surface area contributed by atoms with Crippen LogP contribution in [-0.2, 0) is 10.0 Å². The molecule has 0 spiro atoms. The van der Waals surface area contributed by atoms with Crippen LogP contribution in [0.3, 0.4) is 0 Å². The molecule has 1 aromatic carbocycles. The minimum atomic E-state index is -3.86. The topological polar surface area (TPSA) is 143 Å². The Kier molecular flexibility index (Phi) is 6.42. The van der Waals surface area contributed by atoms with Gasteiger partial charge in [0.2, 0.25) is 5.95 Å². The van der Waals surface area contributed by atoms with E-state index in [0.717, 1.165) is 5.56 Å². The third kappa shape index (κ3) is 5.48. The van der Waals surface area contributed by atoms with Crippen LogP contribution in [0.5, 0.6) is 0 Å². The standard InChI is InChI=1S/C18H19BrN6O3S/c1-11(16(26)12-5-3-2-4-6-12)23-17-14(19)10-22-18(25-17)24-13-7-8-15(21-9-13)29(20,27)28/h2-11,16,26H,1H3,(H2,20,27,28)(H2,22,23,24,25)/t11-,16-/m0/s1. The summed E-state index contributed by atoms with van der Waals surface area (Å²) in [6, 6.07) is 11.8. The number of nitrogens with zero attached hydrogens (tertiary/aromatic N) is 3. The largest absolute Gasteiger partial charge is 0.386 e. The first-order valence-electron chi connectivity index (χ1n) is 8.52. The molecule has 0 aliphatic rings. The fourth-order valence-corrected chi connectivity index (χ4v) is 3.28. The summed E-state index contributed by atoms with van der Waals surface area (Å²) < 4.78 is 23.2. The summed E-state index contributed by atoms with van der Waals surface area (Å²) >= 11 is 3.39. The third-order valence-electron chi connectivity index (χ3n) is 4.01. The molecule has 3 rings (SSSR count). The molecule has 2 atom stereocenters. The number of aromatic nitrogens is 3. The molecule has 29 heavy (non-hydrogen) atoms. The summed E-state index contributed by atoms with van der Waals surface area (Å²) in [7, 11) is -3.86. The average Bonchev–Trinajstić information content (AvgIpc) is 2.70. The van der Waals surface area contributed by atoms with Gasteiger partial charge in [0, 0.05) is 6.20 Å². The minimum Gasteiger partial charge on any atom is -0.386 e. The Hall–Kier alpha value is -2.60. The number of hydrogen-bond acceptors (Lipinski definition) is 8. The van der Waals surface area contributed by atoms with Crippen molar-refractivity contribution in [2.24, 2.45) is 5.14 Å². The molecular weight excluding hydrogens is 460 g/mol. The number of rotatable bonds is 7. The Morgan fingerprint density at radius 2 is 1.83 bits per heavy atom. The monoisotopic (exact) mass is 478 g/mol. The number of aliphatic hydroxyl groups is 1. The molecule has 0 unspecified atom stereocenters. The van der Waals surface area contributed by atoms with Gasteiger partial charge in [0.1, 0.15) is 5.82 Å². The lowest BCUT2D eigenvalue weighted by atomic mass is 10.0. The maximum atomic E-state index is 11.3. The van der Waals surface area contributed by atoms with E-state index >= 15 is 0 Å². The van der Waals surface area contributed by atoms with E-state index in [1.54, 1.807) is 6.20 Å². The van der Waals surface area contributed by atoms with Gasteiger partial charge in [0.15, 0.2) is 5.03 Å². The Morgan fingerprint density at radius 3 is 2.45 bits per heavy atom. The number of sulfonamides is 1. The van der Waals surface area contributed by atoms with Crippen molar-refractivity contribution in [3.05, 3.63) is 64.9 Å². The first-order chi connectivity index (χ1) is 13.7. The minimum absolute atomic E-state index is 0.231. The van der Waals surface area contributed by atoms with Gasteiger partial charge >= 0.3 is 0 Å². The molecule has 0 radical (unpaired) electrons. The number of aliphatic hydroxyl groups excluding tert-OH is 1. The van der Waals surface area contributed by atoms with E-state index in [1.165, 1.54) is 18.3 Å². The second-order valence-corrected chi connectivity index (χ2v) is 8.60. The van der Waals surface area contributed by atoms with Crippen LogP contribution in [0.15, 0.2) is 64.4 Å². The zero-order valence-electron chi connectivity index (χ0n) is 15.3. The van der Waals surface area contributed by atoms with Gasteiger partial charge in [-0.15, -0.1) is 0 Å². The van der Waals surface area contributed by atoms with Crippen molar-refractivity contribution < 1.29 is 13.5 Å². The number of hydrogen-bond donors (Lipinski definition) is 4. The van der Waals surface area contributed by atoms with E-state index in [2.05, 4.69) is 41.5 Å². The normalized spacial score (nSPS) is 13.5. The molecular formula is C18H19BrN6O3S. The summed E-state index contributed by atoms with van der Waals surface area (Å²) in [5.74, 6) is 0.751. The molecule has 0 saturated heterocycles. The Labute approximate surface area is 176 Å². The summed E-state index contributed by atoms with van der Waals surface area (Å²) in [6.07, 6.45) is 2.15. The van der Waals surface area contributed by atoms with Gasteiger partial charge in [0.05, 0.1) is 28.5 Å². The van der Waals surface area contributed by atoms with Crippen LogP contribution in [0.2, 0.25) is 0 Å². The summed E-state index contributed by atoms with van der Waals surface area (Å²) in [5.41, 5.74) is 1.28. The van der Waals surface area contributed by atoms with Crippen LogP contribution in [0.25, 0.3) is 0 Å². The fraction of sp³-hybridized carbons (Fsp3) is 0.167. The molecule has 9 nitrogen and oxygen atoms in total. The molecule has 2 aromatic heterocycles. The number of pyridine rings is 1. The molecule has 0 saturated carbocycles. The van der Waals surface area contributed by atoms with Crippen LogP contribution in [0.4, 0.5) is 17.5 Å². The van der Waals surface area contributed by atoms with Crippen molar-refractivity contribution in [3.8, 4) is 0 Å². The highest BCUT2D eigenvalue weighted by atomic mass is 79.9. The molecule has 2 heterocycles. The van der Waals surface area contributed by atoms with Gasteiger partial charge in [-0.3, -0.25) is 0 Å². The van der Waals surface area contributed by atoms with Crippen LogP contribution in [0, 0.1) is 0 Å². The first-order valence-corrected chi connectivity index (χ1v) is 10.9. The maximum Gasteiger partial charge on any atom is 0.255 e. The zero-order chi connectivity index (χ0) is 21.0. The van der Waals surface area contributed by atoms with E-state index in [-0.39, 0.29) is 17.0 Å². The molecule has 0 bridgehead atoms. The van der Waals surface area contributed by atoms with Gasteiger partial charge in [-0.2, -0.15) is 4.98 Å². The second-order valence-electron chi connectivity index (χ2n) is 6.23. The SMILES string of the molecule is C[C@H](Nc1nc(Nc2ccc(S(N)(=O)=O)nc2)ncc1Br)[C@H](O)c1ccccc1. The highest BCUT2D eigenvalue weighted by molar-refractivity contribution is 9.10. The van der Waals surface area contributed by atoms with E-state index in [0.29, 0.717) is 16.0 Å². The molecule has 0 amide bonds. The number of nitrogens with one attached hydrogen (secondary N) is 2. The Morgan fingerprint density at radius 1 is 1.10 bits per heavy atom. The smallest absolute Gasteiger partial charge is 0.255 e. The van der Waals surface area contributed by atoms with Crippen molar-refractivity contribution in [1.29, 1.82) is 0 Å². The van der Waals surface area contributed by atoms with Crippen molar-refractivity contribution in [2.45, 2.75) is 24.1 Å². The zero-order valence-corrected chi connectivity index (χ0v) is 17.7. The predicted molar refractivity (Wildman–Crippen MR) is 113 cm³/mol. The lowest BCUT2D eigenvalue weighted by molar-refractivity contribution is 0.160. The highest BCUT2D eigenvalue weighted by Crippen LogP contribution is 2.25. The van der Waals surface area contributed by atoms with Crippen molar-refractivity contribution in [3.63, 3.8) is 0 Å². The molecule has 0 aliphatic heterocycles. The second kappa shape index (κ2) is 8.82. The molecule has 5 N–H and O–H groups in total. The van der Waals surface area contributed by atoms with Crippen LogP contribution >= 0.6 is 15.9 Å². The number of anilines is 3. The lowest BCUT2D eigenvalue weighted by Gasteiger charge is -2.22. The number of benzene rings is 1. The molecule has 0 fully saturated rings. The third-order valence-corrected chi connectivity index (χ3v) is 5.41. The summed E-state index contributed by atoms with van der Waals surface area (Å²) in [5, 5.41) is 21.4. The maximum absolute atomic E-state index is 11.3. The van der Waals surface area contributed by atoms with Gasteiger partial charge < -0.3 is 15.7 Å².